The first-order valence-corrected chi connectivity index (χ1v) is 13.8. The molecule has 2 aromatic heterocycles. The van der Waals surface area contributed by atoms with Crippen LogP contribution in [0.4, 0.5) is 11.5 Å². The summed E-state index contributed by atoms with van der Waals surface area (Å²) in [6.07, 6.45) is 5.25. The van der Waals surface area contributed by atoms with Gasteiger partial charge in [-0.05, 0) is 62.4 Å². The number of likely N-dealkylation sites (tertiary alicyclic amines) is 1. The lowest BCUT2D eigenvalue weighted by Gasteiger charge is -2.31. The molecule has 1 aliphatic heterocycles. The molecule has 2 fully saturated rings. The number of anilines is 1. The van der Waals surface area contributed by atoms with Crippen molar-refractivity contribution in [1.82, 2.24) is 20.2 Å². The Morgan fingerprint density at radius 2 is 1.97 bits per heavy atom. The molecular formula is C27H30N6O5S. The van der Waals surface area contributed by atoms with Crippen molar-refractivity contribution in [3.63, 3.8) is 0 Å². The first-order chi connectivity index (χ1) is 18.9. The molecule has 0 atom stereocenters. The molecule has 2 aliphatic rings. The molecule has 1 aliphatic carbocycles. The number of hydrogen-bond donors (Lipinski definition) is 2. The van der Waals surface area contributed by atoms with Crippen molar-refractivity contribution in [3.05, 3.63) is 63.1 Å². The molecule has 0 radical (unpaired) electrons. The van der Waals surface area contributed by atoms with Gasteiger partial charge in [0, 0.05) is 43.4 Å². The lowest BCUT2D eigenvalue weighted by atomic mass is 9.97. The number of nitro benzene ring substituents is 1. The fourth-order valence-corrected chi connectivity index (χ4v) is 5.48. The van der Waals surface area contributed by atoms with E-state index < -0.39 is 0 Å². The fourth-order valence-electron chi connectivity index (χ4n) is 4.52. The largest absolute Gasteiger partial charge is 0.476 e. The highest BCUT2D eigenvalue weighted by atomic mass is 32.1. The Labute approximate surface area is 229 Å². The summed E-state index contributed by atoms with van der Waals surface area (Å²) < 4.78 is 6.09. The minimum Gasteiger partial charge on any atom is -0.476 e. The highest BCUT2D eigenvalue weighted by Crippen LogP contribution is 2.35. The van der Waals surface area contributed by atoms with E-state index in [-0.39, 0.29) is 28.3 Å². The SMILES string of the molecule is CNC(=O)c1sc(-c2ccnc(NC(=O)C3CC3)c2)nc1OCC1CCN(Cc2cccc([N+](=O)[O-])c2)CC1. The van der Waals surface area contributed by atoms with E-state index in [0.29, 0.717) is 40.7 Å². The van der Waals surface area contributed by atoms with Gasteiger partial charge in [-0.2, -0.15) is 0 Å². The van der Waals surface area contributed by atoms with Crippen LogP contribution in [0.1, 0.15) is 40.9 Å². The van der Waals surface area contributed by atoms with E-state index >= 15 is 0 Å². The molecule has 204 valence electrons. The highest BCUT2D eigenvalue weighted by Gasteiger charge is 2.30. The van der Waals surface area contributed by atoms with Gasteiger partial charge in [0.2, 0.25) is 11.8 Å². The second kappa shape index (κ2) is 11.9. The first kappa shape index (κ1) is 26.7. The average Bonchev–Trinajstić information content (AvgIpc) is 3.72. The Hall–Kier alpha value is -3.90. The summed E-state index contributed by atoms with van der Waals surface area (Å²) in [6, 6.07) is 10.3. The van der Waals surface area contributed by atoms with Crippen LogP contribution in [0.15, 0.2) is 42.6 Å². The number of non-ortho nitro benzene ring substituents is 1. The maximum Gasteiger partial charge on any atom is 0.269 e. The normalized spacial score (nSPS) is 16.0. The molecule has 39 heavy (non-hydrogen) atoms. The number of nitro groups is 1. The van der Waals surface area contributed by atoms with Crippen molar-refractivity contribution >= 4 is 34.7 Å². The van der Waals surface area contributed by atoms with E-state index in [1.54, 1.807) is 37.5 Å². The Bertz CT molecular complexity index is 1370. The van der Waals surface area contributed by atoms with Crippen LogP contribution in [0.3, 0.4) is 0 Å². The minimum atomic E-state index is -0.370. The third-order valence-electron chi connectivity index (χ3n) is 6.93. The van der Waals surface area contributed by atoms with Gasteiger partial charge in [0.05, 0.1) is 11.5 Å². The van der Waals surface area contributed by atoms with Crippen molar-refractivity contribution in [2.45, 2.75) is 32.2 Å². The van der Waals surface area contributed by atoms with Gasteiger partial charge in [-0.3, -0.25) is 24.6 Å². The number of nitrogens with one attached hydrogen (secondary N) is 2. The third-order valence-corrected chi connectivity index (χ3v) is 8.01. The molecule has 5 rings (SSSR count). The summed E-state index contributed by atoms with van der Waals surface area (Å²) in [7, 11) is 1.57. The number of piperidine rings is 1. The number of carbonyl (C=O) groups excluding carboxylic acids is 2. The molecule has 2 N–H and O–H groups in total. The molecule has 11 nitrogen and oxygen atoms in total. The predicted octanol–water partition coefficient (Wildman–Crippen LogP) is 4.11. The zero-order chi connectivity index (χ0) is 27.4. The fraction of sp³-hybridized carbons (Fsp3) is 0.407. The maximum atomic E-state index is 12.6. The number of pyridine rings is 1. The number of carbonyl (C=O) groups is 2. The second-order valence-electron chi connectivity index (χ2n) is 9.88. The van der Waals surface area contributed by atoms with Crippen LogP contribution in [-0.4, -0.2) is 58.3 Å². The maximum absolute atomic E-state index is 12.6. The summed E-state index contributed by atoms with van der Waals surface area (Å²) >= 11 is 1.24. The van der Waals surface area contributed by atoms with Gasteiger partial charge in [-0.25, -0.2) is 9.97 Å². The number of nitrogens with zero attached hydrogens (tertiary/aromatic N) is 4. The zero-order valence-corrected chi connectivity index (χ0v) is 22.4. The Morgan fingerprint density at radius 1 is 1.18 bits per heavy atom. The summed E-state index contributed by atoms with van der Waals surface area (Å²) in [5.74, 6) is 0.844. The number of hydrogen-bond acceptors (Lipinski definition) is 9. The lowest BCUT2D eigenvalue weighted by Crippen LogP contribution is -2.35. The Morgan fingerprint density at radius 3 is 2.69 bits per heavy atom. The standard InChI is InChI=1S/C27H30N6O5S/c1-28-25(35)23-26(31-27(39-23)20-7-10-29-22(14-20)30-24(34)19-5-6-19)38-16-17-8-11-32(12-9-17)15-18-3-2-4-21(13-18)33(36)37/h2-4,7,10,13-14,17,19H,5-6,8-9,11-12,15-16H2,1H3,(H,28,35)(H,29,30,34). The molecule has 1 saturated heterocycles. The molecule has 3 heterocycles. The topological polar surface area (TPSA) is 140 Å². The van der Waals surface area contributed by atoms with Gasteiger partial charge >= 0.3 is 0 Å². The smallest absolute Gasteiger partial charge is 0.269 e. The number of rotatable bonds is 10. The van der Waals surface area contributed by atoms with Crippen LogP contribution in [0.5, 0.6) is 5.88 Å². The van der Waals surface area contributed by atoms with E-state index in [1.165, 1.54) is 17.4 Å². The van der Waals surface area contributed by atoms with Gasteiger partial charge < -0.3 is 15.4 Å². The van der Waals surface area contributed by atoms with Crippen LogP contribution in [0.25, 0.3) is 10.6 Å². The molecule has 0 bridgehead atoms. The van der Waals surface area contributed by atoms with E-state index in [0.717, 1.165) is 49.9 Å². The van der Waals surface area contributed by atoms with Crippen molar-refractivity contribution in [2.24, 2.45) is 11.8 Å². The van der Waals surface area contributed by atoms with Crippen molar-refractivity contribution in [1.29, 1.82) is 0 Å². The summed E-state index contributed by atoms with van der Waals surface area (Å²) in [5, 5.41) is 17.2. The third kappa shape index (κ3) is 6.76. The molecule has 1 aromatic carbocycles. The van der Waals surface area contributed by atoms with Crippen molar-refractivity contribution < 1.29 is 19.2 Å². The van der Waals surface area contributed by atoms with Crippen LogP contribution < -0.4 is 15.4 Å². The summed E-state index contributed by atoms with van der Waals surface area (Å²) in [4.78, 5) is 46.9. The van der Waals surface area contributed by atoms with Gasteiger partial charge in [-0.15, -0.1) is 11.3 Å². The lowest BCUT2D eigenvalue weighted by molar-refractivity contribution is -0.384. The quantitative estimate of drug-likeness (QED) is 0.284. The first-order valence-electron chi connectivity index (χ1n) is 13.0. The number of thiazole rings is 1. The van der Waals surface area contributed by atoms with Crippen molar-refractivity contribution in [2.75, 3.05) is 32.1 Å². The number of amides is 2. The molecule has 0 unspecified atom stereocenters. The van der Waals surface area contributed by atoms with Gasteiger partial charge in [0.1, 0.15) is 10.8 Å². The summed E-state index contributed by atoms with van der Waals surface area (Å²) in [5.41, 5.74) is 1.78. The van der Waals surface area contributed by atoms with E-state index in [4.69, 9.17) is 4.74 Å². The summed E-state index contributed by atoms with van der Waals surface area (Å²) in [6.45, 7) is 2.82. The van der Waals surface area contributed by atoms with Crippen LogP contribution in [0.2, 0.25) is 0 Å². The molecule has 3 aromatic rings. The van der Waals surface area contributed by atoms with Crippen LogP contribution in [0, 0.1) is 22.0 Å². The number of aromatic nitrogens is 2. The zero-order valence-electron chi connectivity index (χ0n) is 21.6. The highest BCUT2D eigenvalue weighted by molar-refractivity contribution is 7.17. The second-order valence-corrected chi connectivity index (χ2v) is 10.9. The molecule has 2 amide bonds. The van der Waals surface area contributed by atoms with E-state index in [9.17, 15) is 19.7 Å². The van der Waals surface area contributed by atoms with Gasteiger partial charge in [-0.1, -0.05) is 12.1 Å². The van der Waals surface area contributed by atoms with Gasteiger partial charge in [0.25, 0.3) is 11.6 Å². The monoisotopic (exact) mass is 550 g/mol. The van der Waals surface area contributed by atoms with Crippen molar-refractivity contribution in [3.8, 4) is 16.5 Å². The Balaban J connectivity index is 1.20. The molecule has 1 saturated carbocycles. The van der Waals surface area contributed by atoms with E-state index in [2.05, 4.69) is 25.5 Å². The number of benzene rings is 1. The van der Waals surface area contributed by atoms with Gasteiger partial charge in [0.15, 0.2) is 4.88 Å². The van der Waals surface area contributed by atoms with Crippen LogP contribution >= 0.6 is 11.3 Å². The minimum absolute atomic E-state index is 0.0232. The predicted molar refractivity (Wildman–Crippen MR) is 147 cm³/mol. The average molecular weight is 551 g/mol. The van der Waals surface area contributed by atoms with E-state index in [1.807, 2.05) is 6.07 Å². The Kier molecular flexibility index (Phi) is 8.13. The number of ether oxygens (including phenoxy) is 1. The van der Waals surface area contributed by atoms with Crippen LogP contribution in [-0.2, 0) is 11.3 Å². The molecular weight excluding hydrogens is 520 g/mol. The molecule has 12 heteroatoms. The molecule has 0 spiro atoms.